The van der Waals surface area contributed by atoms with Crippen LogP contribution in [-0.2, 0) is 4.79 Å². The van der Waals surface area contributed by atoms with Crippen molar-refractivity contribution in [2.75, 3.05) is 45.2 Å². The van der Waals surface area contributed by atoms with Gasteiger partial charge in [-0.05, 0) is 62.4 Å². The minimum absolute atomic E-state index is 0.00409. The molecule has 0 bridgehead atoms. The first-order valence-corrected chi connectivity index (χ1v) is 9.50. The third-order valence-electron chi connectivity index (χ3n) is 5.03. The SMILES string of the molecule is Cc1ccc(OCC(=O)Nc2cccc(C(=O)N3CCN(C)CC3)c2)cc1C. The second-order valence-corrected chi connectivity index (χ2v) is 7.26. The molecule has 1 aliphatic heterocycles. The van der Waals surface area contributed by atoms with Crippen LogP contribution in [0.2, 0.25) is 0 Å². The number of ether oxygens (including phenoxy) is 1. The second-order valence-electron chi connectivity index (χ2n) is 7.26. The Kier molecular flexibility index (Phi) is 6.31. The van der Waals surface area contributed by atoms with Crippen LogP contribution in [0.15, 0.2) is 42.5 Å². The first-order chi connectivity index (χ1) is 13.4. The van der Waals surface area contributed by atoms with Gasteiger partial charge in [0.05, 0.1) is 0 Å². The quantitative estimate of drug-likeness (QED) is 0.865. The first-order valence-electron chi connectivity index (χ1n) is 9.50. The Balaban J connectivity index is 1.56. The van der Waals surface area contributed by atoms with Crippen molar-refractivity contribution in [3.05, 3.63) is 59.2 Å². The number of hydrogen-bond acceptors (Lipinski definition) is 4. The fourth-order valence-electron chi connectivity index (χ4n) is 3.07. The van der Waals surface area contributed by atoms with E-state index in [2.05, 4.69) is 17.3 Å². The molecule has 1 N–H and O–H groups in total. The molecule has 2 amide bonds. The number of likely N-dealkylation sites (N-methyl/N-ethyl adjacent to an activating group) is 1. The van der Waals surface area contributed by atoms with Crippen molar-refractivity contribution >= 4 is 17.5 Å². The number of nitrogens with zero attached hydrogens (tertiary/aromatic N) is 2. The number of anilines is 1. The lowest BCUT2D eigenvalue weighted by Crippen LogP contribution is -2.47. The molecule has 148 valence electrons. The van der Waals surface area contributed by atoms with Crippen LogP contribution in [0, 0.1) is 13.8 Å². The fourth-order valence-corrected chi connectivity index (χ4v) is 3.07. The van der Waals surface area contributed by atoms with Crippen LogP contribution in [0.25, 0.3) is 0 Å². The normalized spacial score (nSPS) is 14.6. The van der Waals surface area contributed by atoms with Crippen LogP contribution in [-0.4, -0.2) is 61.4 Å². The molecule has 0 unspecified atom stereocenters. The zero-order chi connectivity index (χ0) is 20.1. The molecule has 6 heteroatoms. The Morgan fingerprint density at radius 3 is 2.46 bits per heavy atom. The van der Waals surface area contributed by atoms with Crippen LogP contribution in [0.1, 0.15) is 21.5 Å². The van der Waals surface area contributed by atoms with Crippen molar-refractivity contribution in [1.29, 1.82) is 0 Å². The molecule has 1 fully saturated rings. The van der Waals surface area contributed by atoms with Crippen molar-refractivity contribution < 1.29 is 14.3 Å². The van der Waals surface area contributed by atoms with E-state index in [0.29, 0.717) is 17.0 Å². The number of piperazine rings is 1. The molecule has 2 aromatic carbocycles. The van der Waals surface area contributed by atoms with E-state index in [1.807, 2.05) is 36.9 Å². The molecular formula is C22H27N3O3. The van der Waals surface area contributed by atoms with Crippen molar-refractivity contribution in [2.45, 2.75) is 13.8 Å². The number of aryl methyl sites for hydroxylation is 2. The summed E-state index contributed by atoms with van der Waals surface area (Å²) < 4.78 is 5.57. The summed E-state index contributed by atoms with van der Waals surface area (Å²) in [6, 6.07) is 12.8. The monoisotopic (exact) mass is 381 g/mol. The van der Waals surface area contributed by atoms with Gasteiger partial charge in [-0.1, -0.05) is 12.1 Å². The van der Waals surface area contributed by atoms with Crippen molar-refractivity contribution in [3.8, 4) is 5.75 Å². The van der Waals surface area contributed by atoms with Crippen LogP contribution >= 0.6 is 0 Å². The van der Waals surface area contributed by atoms with Gasteiger partial charge < -0.3 is 19.9 Å². The first kappa shape index (κ1) is 19.9. The zero-order valence-electron chi connectivity index (χ0n) is 16.7. The molecule has 0 atom stereocenters. The molecule has 0 radical (unpaired) electrons. The summed E-state index contributed by atoms with van der Waals surface area (Å²) in [5.41, 5.74) is 3.47. The number of carbonyl (C=O) groups is 2. The van der Waals surface area contributed by atoms with E-state index in [4.69, 9.17) is 4.74 Å². The lowest BCUT2D eigenvalue weighted by atomic mass is 10.1. The molecule has 0 saturated carbocycles. The van der Waals surface area contributed by atoms with E-state index in [1.165, 1.54) is 5.56 Å². The van der Waals surface area contributed by atoms with Crippen molar-refractivity contribution in [1.82, 2.24) is 9.80 Å². The summed E-state index contributed by atoms with van der Waals surface area (Å²) in [5.74, 6) is 0.398. The molecule has 0 aliphatic carbocycles. The Morgan fingerprint density at radius 2 is 1.75 bits per heavy atom. The number of hydrogen-bond donors (Lipinski definition) is 1. The van der Waals surface area contributed by atoms with Gasteiger partial charge in [0.15, 0.2) is 6.61 Å². The molecular weight excluding hydrogens is 354 g/mol. The number of carbonyl (C=O) groups excluding carboxylic acids is 2. The average molecular weight is 381 g/mol. The number of amides is 2. The highest BCUT2D eigenvalue weighted by Gasteiger charge is 2.20. The average Bonchev–Trinajstić information content (AvgIpc) is 2.69. The van der Waals surface area contributed by atoms with E-state index in [1.54, 1.807) is 24.3 Å². The van der Waals surface area contributed by atoms with Gasteiger partial charge in [-0.3, -0.25) is 9.59 Å². The van der Waals surface area contributed by atoms with Crippen LogP contribution in [0.3, 0.4) is 0 Å². The summed E-state index contributed by atoms with van der Waals surface area (Å²) in [5, 5.41) is 2.80. The molecule has 2 aromatic rings. The maximum Gasteiger partial charge on any atom is 0.262 e. The van der Waals surface area contributed by atoms with Gasteiger partial charge >= 0.3 is 0 Å². The highest BCUT2D eigenvalue weighted by atomic mass is 16.5. The summed E-state index contributed by atoms with van der Waals surface area (Å²) in [7, 11) is 2.05. The van der Waals surface area contributed by atoms with Gasteiger partial charge in [0.2, 0.25) is 0 Å². The largest absolute Gasteiger partial charge is 0.484 e. The standard InChI is InChI=1S/C22H27N3O3/c1-16-7-8-20(13-17(16)2)28-15-21(26)23-19-6-4-5-18(14-19)22(27)25-11-9-24(3)10-12-25/h4-8,13-14H,9-12,15H2,1-3H3,(H,23,26). The van der Waals surface area contributed by atoms with E-state index in [0.717, 1.165) is 31.7 Å². The molecule has 3 rings (SSSR count). The minimum Gasteiger partial charge on any atom is -0.484 e. The van der Waals surface area contributed by atoms with Gasteiger partial charge in [0.25, 0.3) is 11.8 Å². The van der Waals surface area contributed by atoms with Gasteiger partial charge in [-0.15, -0.1) is 0 Å². The number of benzene rings is 2. The van der Waals surface area contributed by atoms with E-state index >= 15 is 0 Å². The van der Waals surface area contributed by atoms with Gasteiger partial charge in [-0.25, -0.2) is 0 Å². The third-order valence-corrected chi connectivity index (χ3v) is 5.03. The van der Waals surface area contributed by atoms with Crippen molar-refractivity contribution in [2.24, 2.45) is 0 Å². The maximum atomic E-state index is 12.7. The van der Waals surface area contributed by atoms with Crippen LogP contribution in [0.4, 0.5) is 5.69 Å². The zero-order valence-corrected chi connectivity index (χ0v) is 16.7. The Hall–Kier alpha value is -2.86. The van der Waals surface area contributed by atoms with Gasteiger partial charge in [0.1, 0.15) is 5.75 Å². The maximum absolute atomic E-state index is 12.7. The highest BCUT2D eigenvalue weighted by Crippen LogP contribution is 2.17. The van der Waals surface area contributed by atoms with E-state index in [-0.39, 0.29) is 18.4 Å². The van der Waals surface area contributed by atoms with Crippen LogP contribution in [0.5, 0.6) is 5.75 Å². The molecule has 0 spiro atoms. The molecule has 28 heavy (non-hydrogen) atoms. The Bertz CT molecular complexity index is 858. The molecule has 1 saturated heterocycles. The van der Waals surface area contributed by atoms with Gasteiger partial charge in [0, 0.05) is 37.4 Å². The summed E-state index contributed by atoms with van der Waals surface area (Å²) in [6.07, 6.45) is 0. The fraction of sp³-hybridized carbons (Fsp3) is 0.364. The van der Waals surface area contributed by atoms with E-state index < -0.39 is 0 Å². The smallest absolute Gasteiger partial charge is 0.262 e. The molecule has 0 aromatic heterocycles. The number of rotatable bonds is 5. The molecule has 6 nitrogen and oxygen atoms in total. The number of nitrogens with one attached hydrogen (secondary N) is 1. The summed E-state index contributed by atoms with van der Waals surface area (Å²) in [6.45, 7) is 7.13. The topological polar surface area (TPSA) is 61.9 Å². The van der Waals surface area contributed by atoms with E-state index in [9.17, 15) is 9.59 Å². The Labute approximate surface area is 166 Å². The Morgan fingerprint density at radius 1 is 1.00 bits per heavy atom. The molecule has 1 heterocycles. The summed E-state index contributed by atoms with van der Waals surface area (Å²) >= 11 is 0. The van der Waals surface area contributed by atoms with Gasteiger partial charge in [-0.2, -0.15) is 0 Å². The molecule has 1 aliphatic rings. The lowest BCUT2D eigenvalue weighted by Gasteiger charge is -2.32. The lowest BCUT2D eigenvalue weighted by molar-refractivity contribution is -0.118. The summed E-state index contributed by atoms with van der Waals surface area (Å²) in [4.78, 5) is 29.0. The minimum atomic E-state index is -0.262. The highest BCUT2D eigenvalue weighted by molar-refractivity contribution is 5.97. The van der Waals surface area contributed by atoms with Crippen LogP contribution < -0.4 is 10.1 Å². The van der Waals surface area contributed by atoms with Crippen molar-refractivity contribution in [3.63, 3.8) is 0 Å². The third kappa shape index (κ3) is 5.10. The second kappa shape index (κ2) is 8.89. The predicted octanol–water partition coefficient (Wildman–Crippen LogP) is 2.71. The predicted molar refractivity (Wildman–Crippen MR) is 110 cm³/mol.